The smallest absolute Gasteiger partial charge is 0.327 e. The number of aromatic nitrogens is 2. The second-order valence-electron chi connectivity index (χ2n) is 6.92. The lowest BCUT2D eigenvalue weighted by molar-refractivity contribution is -0.141. The van der Waals surface area contributed by atoms with E-state index in [1.165, 1.54) is 7.11 Å². The Labute approximate surface area is 175 Å². The van der Waals surface area contributed by atoms with E-state index in [0.29, 0.717) is 0 Å². The normalized spacial score (nSPS) is 11.1. The summed E-state index contributed by atoms with van der Waals surface area (Å²) in [5.41, 5.74) is 2.55. The van der Waals surface area contributed by atoms with Gasteiger partial charge in [0.25, 0.3) is 0 Å². The molecule has 30 heavy (non-hydrogen) atoms. The highest BCUT2D eigenvalue weighted by atomic mass is 16.5. The van der Waals surface area contributed by atoms with Crippen LogP contribution in [0.2, 0.25) is 0 Å². The van der Waals surface area contributed by atoms with Gasteiger partial charge in [-0.15, -0.1) is 0 Å². The maximum Gasteiger partial charge on any atom is 0.327 e. The minimum Gasteiger partial charge on any atom is -0.468 e. The van der Waals surface area contributed by atoms with E-state index in [0.717, 1.165) is 22.5 Å². The van der Waals surface area contributed by atoms with Crippen LogP contribution in [0.25, 0.3) is 0 Å². The van der Waals surface area contributed by atoms with Crippen LogP contribution in [0.5, 0.6) is 0 Å². The fraction of sp³-hybridized carbons (Fsp3) is 0.120. The number of carbonyl (C=O) groups is 1. The first-order valence-electron chi connectivity index (χ1n) is 9.77. The average Bonchev–Trinajstić information content (AvgIpc) is 3.25. The lowest BCUT2D eigenvalue weighted by atomic mass is 9.77. The molecule has 4 rings (SSSR count). The Hall–Kier alpha value is -3.86. The molecule has 0 unspecified atom stereocenters. The Morgan fingerprint density at radius 2 is 1.30 bits per heavy atom. The van der Waals surface area contributed by atoms with Crippen molar-refractivity contribution in [1.82, 2.24) is 9.78 Å². The third kappa shape index (κ3) is 3.70. The summed E-state index contributed by atoms with van der Waals surface area (Å²) in [4.78, 5) is 11.9. The molecular formula is C25H23N3O2. The van der Waals surface area contributed by atoms with Crippen molar-refractivity contribution in [2.24, 2.45) is 0 Å². The van der Waals surface area contributed by atoms with E-state index in [4.69, 9.17) is 4.74 Å². The number of nitrogens with zero attached hydrogens (tertiary/aromatic N) is 2. The van der Waals surface area contributed by atoms with Crippen LogP contribution >= 0.6 is 0 Å². The van der Waals surface area contributed by atoms with Crippen molar-refractivity contribution in [3.8, 4) is 0 Å². The third-order valence-corrected chi connectivity index (χ3v) is 5.16. The van der Waals surface area contributed by atoms with Crippen LogP contribution in [-0.4, -0.2) is 22.9 Å². The molecule has 3 aromatic carbocycles. The van der Waals surface area contributed by atoms with Gasteiger partial charge in [-0.3, -0.25) is 4.79 Å². The second-order valence-corrected chi connectivity index (χ2v) is 6.92. The summed E-state index contributed by atoms with van der Waals surface area (Å²) in [6, 6.07) is 32.7. The van der Waals surface area contributed by atoms with Crippen molar-refractivity contribution in [1.29, 1.82) is 0 Å². The summed E-state index contributed by atoms with van der Waals surface area (Å²) in [6.45, 7) is 0.0281. The summed E-state index contributed by atoms with van der Waals surface area (Å²) in [5, 5.41) is 8.03. The number of hydrogen-bond donors (Lipinski definition) is 1. The Morgan fingerprint density at radius 1 is 0.833 bits per heavy atom. The first-order valence-corrected chi connectivity index (χ1v) is 9.77. The summed E-state index contributed by atoms with van der Waals surface area (Å²) >= 11 is 0. The van der Waals surface area contributed by atoms with Crippen molar-refractivity contribution < 1.29 is 9.53 Å². The van der Waals surface area contributed by atoms with Gasteiger partial charge in [0.15, 0.2) is 0 Å². The van der Waals surface area contributed by atoms with Gasteiger partial charge in [0, 0.05) is 6.07 Å². The van der Waals surface area contributed by atoms with Crippen LogP contribution in [0.4, 0.5) is 5.82 Å². The summed E-state index contributed by atoms with van der Waals surface area (Å²) in [6.07, 6.45) is 1.68. The number of hydrogen-bond acceptors (Lipinski definition) is 4. The Balaban J connectivity index is 1.93. The molecule has 0 spiro atoms. The molecule has 0 aliphatic carbocycles. The van der Waals surface area contributed by atoms with Crippen LogP contribution in [0, 0.1) is 0 Å². The van der Waals surface area contributed by atoms with Crippen molar-refractivity contribution in [3.63, 3.8) is 0 Å². The topological polar surface area (TPSA) is 56.2 Å². The maximum atomic E-state index is 11.9. The third-order valence-electron chi connectivity index (χ3n) is 5.16. The first kappa shape index (κ1) is 19.5. The summed E-state index contributed by atoms with van der Waals surface area (Å²) in [7, 11) is 1.38. The zero-order valence-corrected chi connectivity index (χ0v) is 16.7. The monoisotopic (exact) mass is 397 g/mol. The Morgan fingerprint density at radius 3 is 1.73 bits per heavy atom. The van der Waals surface area contributed by atoms with Gasteiger partial charge in [-0.2, -0.15) is 5.10 Å². The lowest BCUT2D eigenvalue weighted by Gasteiger charge is -2.37. The predicted octanol–water partition coefficient (Wildman–Crippen LogP) is 4.46. The van der Waals surface area contributed by atoms with Crippen molar-refractivity contribution >= 4 is 11.8 Å². The second kappa shape index (κ2) is 8.66. The molecule has 0 saturated heterocycles. The fourth-order valence-corrected chi connectivity index (χ4v) is 3.72. The van der Waals surface area contributed by atoms with E-state index in [9.17, 15) is 4.79 Å². The van der Waals surface area contributed by atoms with E-state index in [2.05, 4.69) is 46.8 Å². The number of rotatable bonds is 7. The average molecular weight is 397 g/mol. The molecule has 0 saturated carbocycles. The summed E-state index contributed by atoms with van der Waals surface area (Å²) < 4.78 is 6.46. The molecule has 150 valence electrons. The van der Waals surface area contributed by atoms with Crippen LogP contribution in [0.1, 0.15) is 16.7 Å². The highest BCUT2D eigenvalue weighted by Gasteiger charge is 2.37. The van der Waals surface area contributed by atoms with Crippen LogP contribution in [-0.2, 0) is 21.6 Å². The number of benzene rings is 3. The molecule has 5 nitrogen and oxygen atoms in total. The number of ether oxygens (including phenoxy) is 1. The highest BCUT2D eigenvalue weighted by molar-refractivity contribution is 5.70. The molecule has 1 heterocycles. The molecule has 0 radical (unpaired) electrons. The van der Waals surface area contributed by atoms with Gasteiger partial charge in [0.1, 0.15) is 17.9 Å². The molecule has 0 aliphatic heterocycles. The molecule has 4 aromatic rings. The summed E-state index contributed by atoms with van der Waals surface area (Å²) in [5.74, 6) is 0.364. The number of esters is 1. The number of anilines is 1. The van der Waals surface area contributed by atoms with Gasteiger partial charge in [-0.05, 0) is 16.7 Å². The largest absolute Gasteiger partial charge is 0.468 e. The number of nitrogens with one attached hydrogen (secondary N) is 1. The maximum absolute atomic E-state index is 11.9. The fourth-order valence-electron chi connectivity index (χ4n) is 3.72. The first-order chi connectivity index (χ1) is 14.7. The predicted molar refractivity (Wildman–Crippen MR) is 117 cm³/mol. The molecular weight excluding hydrogens is 374 g/mol. The van der Waals surface area contributed by atoms with Crippen LogP contribution < -0.4 is 5.32 Å². The van der Waals surface area contributed by atoms with Gasteiger partial charge in [0.05, 0.1) is 13.3 Å². The Kier molecular flexibility index (Phi) is 5.61. The molecule has 0 amide bonds. The zero-order valence-electron chi connectivity index (χ0n) is 16.7. The van der Waals surface area contributed by atoms with Crippen LogP contribution in [0.3, 0.4) is 0 Å². The van der Waals surface area contributed by atoms with Crippen molar-refractivity contribution in [3.05, 3.63) is 120 Å². The molecule has 1 aromatic heterocycles. The van der Waals surface area contributed by atoms with E-state index < -0.39 is 5.54 Å². The molecule has 0 aliphatic rings. The number of methoxy groups -OCH3 is 1. The van der Waals surface area contributed by atoms with Gasteiger partial charge >= 0.3 is 5.97 Å². The van der Waals surface area contributed by atoms with Crippen molar-refractivity contribution in [2.75, 3.05) is 12.4 Å². The van der Waals surface area contributed by atoms with E-state index in [1.54, 1.807) is 10.9 Å². The molecule has 5 heteroatoms. The van der Waals surface area contributed by atoms with E-state index in [1.807, 2.05) is 60.7 Å². The lowest BCUT2D eigenvalue weighted by Crippen LogP contribution is -2.39. The zero-order chi connectivity index (χ0) is 20.8. The van der Waals surface area contributed by atoms with Gasteiger partial charge in [-0.25, -0.2) is 4.68 Å². The Bertz CT molecular complexity index is 996. The van der Waals surface area contributed by atoms with Gasteiger partial charge in [0.2, 0.25) is 0 Å². The number of carbonyl (C=O) groups excluding carboxylic acids is 1. The van der Waals surface area contributed by atoms with Crippen LogP contribution in [0.15, 0.2) is 103 Å². The van der Waals surface area contributed by atoms with E-state index in [-0.39, 0.29) is 12.5 Å². The van der Waals surface area contributed by atoms with E-state index >= 15 is 0 Å². The molecule has 0 fully saturated rings. The highest BCUT2D eigenvalue weighted by Crippen LogP contribution is 2.39. The standard InChI is InChI=1S/C25H23N3O2/c1-30-24(29)19-28-23(17-18-26-28)27-25(20-11-5-2-6-12-20,21-13-7-3-8-14-21)22-15-9-4-10-16-22/h2-18,27H,19H2,1H3. The molecule has 1 N–H and O–H groups in total. The van der Waals surface area contributed by atoms with Crippen molar-refractivity contribution in [2.45, 2.75) is 12.1 Å². The minimum absolute atomic E-state index is 0.0281. The van der Waals surface area contributed by atoms with Gasteiger partial charge in [-0.1, -0.05) is 91.0 Å². The quantitative estimate of drug-likeness (QED) is 0.370. The molecule has 0 bridgehead atoms. The minimum atomic E-state index is -0.683. The molecule has 0 atom stereocenters. The SMILES string of the molecule is COC(=O)Cn1nccc1NC(c1ccccc1)(c1ccccc1)c1ccccc1. The van der Waals surface area contributed by atoms with Gasteiger partial charge < -0.3 is 10.1 Å².